The van der Waals surface area contributed by atoms with E-state index in [0.717, 1.165) is 49.4 Å². The van der Waals surface area contributed by atoms with E-state index in [1.165, 1.54) is 7.11 Å². The second-order valence-corrected chi connectivity index (χ2v) is 7.24. The molecule has 0 saturated carbocycles. The normalized spacial score (nSPS) is 17.2. The van der Waals surface area contributed by atoms with Crippen LogP contribution in [0, 0.1) is 5.92 Å². The van der Waals surface area contributed by atoms with Crippen molar-refractivity contribution >= 4 is 11.9 Å². The molecule has 1 aliphatic rings. The maximum absolute atomic E-state index is 12.6. The average Bonchev–Trinajstić information content (AvgIpc) is 2.75. The van der Waals surface area contributed by atoms with Gasteiger partial charge in [-0.3, -0.25) is 0 Å². The number of carbonyl (C=O) groups excluding carboxylic acids is 1. The van der Waals surface area contributed by atoms with Crippen LogP contribution in [-0.4, -0.2) is 42.2 Å². The summed E-state index contributed by atoms with van der Waals surface area (Å²) in [4.78, 5) is 23.7. The summed E-state index contributed by atoms with van der Waals surface area (Å²) < 4.78 is 11.1. The van der Waals surface area contributed by atoms with Crippen LogP contribution >= 0.6 is 0 Å². The van der Waals surface area contributed by atoms with Crippen molar-refractivity contribution in [2.75, 3.05) is 25.1 Å². The van der Waals surface area contributed by atoms with Gasteiger partial charge in [-0.05, 0) is 43.2 Å². The molecule has 1 aromatic carbocycles. The number of methoxy groups -OCH3 is 1. The number of piperidine rings is 1. The van der Waals surface area contributed by atoms with Crippen molar-refractivity contribution in [3.05, 3.63) is 53.9 Å². The van der Waals surface area contributed by atoms with Crippen molar-refractivity contribution in [1.82, 2.24) is 9.97 Å². The molecule has 2 aromatic rings. The molecule has 1 aromatic heterocycles. The third-order valence-corrected chi connectivity index (χ3v) is 5.44. The summed E-state index contributed by atoms with van der Waals surface area (Å²) in [7, 11) is 1.53. The van der Waals surface area contributed by atoms with Crippen LogP contribution in [0.15, 0.2) is 42.7 Å². The lowest BCUT2D eigenvalue weighted by Crippen LogP contribution is -2.39. The maximum atomic E-state index is 12.6. The van der Waals surface area contributed by atoms with Crippen LogP contribution < -0.4 is 4.90 Å². The summed E-state index contributed by atoms with van der Waals surface area (Å²) in [6, 6.07) is 9.45. The molecule has 1 aliphatic heterocycles. The van der Waals surface area contributed by atoms with Crippen molar-refractivity contribution in [2.24, 2.45) is 5.92 Å². The zero-order chi connectivity index (χ0) is 19.9. The lowest BCUT2D eigenvalue weighted by molar-refractivity contribution is -0.163. The van der Waals surface area contributed by atoms with Gasteiger partial charge in [0.1, 0.15) is 6.10 Å². The molecule has 0 amide bonds. The molecule has 0 bridgehead atoms. The van der Waals surface area contributed by atoms with E-state index in [4.69, 9.17) is 9.47 Å². The number of anilines is 1. The Morgan fingerprint density at radius 2 is 1.82 bits per heavy atom. The fourth-order valence-electron chi connectivity index (χ4n) is 3.60. The van der Waals surface area contributed by atoms with Crippen LogP contribution in [0.2, 0.25) is 0 Å². The van der Waals surface area contributed by atoms with Crippen molar-refractivity contribution in [3.8, 4) is 0 Å². The lowest BCUT2D eigenvalue weighted by atomic mass is 9.92. The van der Waals surface area contributed by atoms with E-state index in [0.29, 0.717) is 5.92 Å². The minimum Gasteiger partial charge on any atom is -0.460 e. The molecular weight excluding hydrogens is 354 g/mol. The minimum atomic E-state index is -0.686. The largest absolute Gasteiger partial charge is 0.460 e. The van der Waals surface area contributed by atoms with Crippen molar-refractivity contribution in [2.45, 2.75) is 45.3 Å². The van der Waals surface area contributed by atoms with Crippen molar-refractivity contribution in [3.63, 3.8) is 0 Å². The van der Waals surface area contributed by atoms with Gasteiger partial charge in [-0.15, -0.1) is 0 Å². The first-order valence-electron chi connectivity index (χ1n) is 9.96. The van der Waals surface area contributed by atoms with E-state index in [9.17, 15) is 4.79 Å². The zero-order valence-corrected chi connectivity index (χ0v) is 16.9. The number of aromatic nitrogens is 2. The smallest absolute Gasteiger partial charge is 0.340 e. The van der Waals surface area contributed by atoms with Crippen LogP contribution in [-0.2, 0) is 20.7 Å². The molecule has 150 valence electrons. The highest BCUT2D eigenvalue weighted by atomic mass is 16.6. The third-order valence-electron chi connectivity index (χ3n) is 5.44. The van der Waals surface area contributed by atoms with E-state index in [1.807, 2.05) is 49.6 Å². The zero-order valence-electron chi connectivity index (χ0n) is 16.9. The molecule has 0 radical (unpaired) electrons. The standard InChI is InChI=1S/C22H29N3O3/c1-4-17-14-23-22(24-15-17)25-12-10-18(11-13-25)16(2)28-21(26)20(27-3)19-8-6-5-7-9-19/h5-9,14-16,18,20H,4,10-13H2,1-3H3/t16-,20?/m0/s1. The minimum absolute atomic E-state index is 0.153. The molecular formula is C22H29N3O3. The van der Waals surface area contributed by atoms with Gasteiger partial charge < -0.3 is 14.4 Å². The van der Waals surface area contributed by atoms with Gasteiger partial charge in [0.25, 0.3) is 0 Å². The fourth-order valence-corrected chi connectivity index (χ4v) is 3.60. The fraction of sp³-hybridized carbons (Fsp3) is 0.500. The first-order chi connectivity index (χ1) is 13.6. The Kier molecular flexibility index (Phi) is 6.98. The van der Waals surface area contributed by atoms with Gasteiger partial charge in [0.05, 0.1) is 0 Å². The summed E-state index contributed by atoms with van der Waals surface area (Å²) in [6.07, 6.45) is 5.78. The van der Waals surface area contributed by atoms with E-state index in [2.05, 4.69) is 21.8 Å². The number of rotatable bonds is 7. The molecule has 6 nitrogen and oxygen atoms in total. The Bertz CT molecular complexity index is 743. The van der Waals surface area contributed by atoms with Crippen molar-refractivity contribution in [1.29, 1.82) is 0 Å². The van der Waals surface area contributed by atoms with E-state index < -0.39 is 6.10 Å². The van der Waals surface area contributed by atoms with Crippen LogP contribution in [0.5, 0.6) is 0 Å². The quantitative estimate of drug-likeness (QED) is 0.681. The predicted molar refractivity (Wildman–Crippen MR) is 108 cm³/mol. The second kappa shape index (κ2) is 9.64. The molecule has 1 fully saturated rings. The number of hydrogen-bond acceptors (Lipinski definition) is 6. The third kappa shape index (κ3) is 4.87. The molecule has 0 aliphatic carbocycles. The number of hydrogen-bond donors (Lipinski definition) is 0. The Labute approximate surface area is 166 Å². The molecule has 1 saturated heterocycles. The number of carbonyl (C=O) groups is 1. The first-order valence-corrected chi connectivity index (χ1v) is 9.96. The molecule has 1 unspecified atom stereocenters. The number of esters is 1. The van der Waals surface area contributed by atoms with Crippen molar-refractivity contribution < 1.29 is 14.3 Å². The number of nitrogens with zero attached hydrogens (tertiary/aromatic N) is 3. The monoisotopic (exact) mass is 383 g/mol. The van der Waals surface area contributed by atoms with Gasteiger partial charge in [0.2, 0.25) is 5.95 Å². The molecule has 3 rings (SSSR count). The van der Waals surface area contributed by atoms with E-state index in [1.54, 1.807) is 0 Å². The Morgan fingerprint density at radius 1 is 1.18 bits per heavy atom. The van der Waals surface area contributed by atoms with Crippen LogP contribution in [0.4, 0.5) is 5.95 Å². The molecule has 2 atom stereocenters. The van der Waals surface area contributed by atoms with Gasteiger partial charge in [0.15, 0.2) is 6.10 Å². The number of aryl methyl sites for hydroxylation is 1. The van der Waals surface area contributed by atoms with Gasteiger partial charge in [0, 0.05) is 32.6 Å². The van der Waals surface area contributed by atoms with E-state index in [-0.39, 0.29) is 12.1 Å². The SMILES string of the molecule is CCc1cnc(N2CCC([C@H](C)OC(=O)C(OC)c3ccccc3)CC2)nc1. The van der Waals surface area contributed by atoms with Crippen LogP contribution in [0.1, 0.15) is 43.9 Å². The lowest BCUT2D eigenvalue weighted by Gasteiger charge is -2.34. The highest BCUT2D eigenvalue weighted by Gasteiger charge is 2.30. The van der Waals surface area contributed by atoms with Crippen LogP contribution in [0.3, 0.4) is 0 Å². The highest BCUT2D eigenvalue weighted by molar-refractivity contribution is 5.76. The van der Waals surface area contributed by atoms with E-state index >= 15 is 0 Å². The summed E-state index contributed by atoms with van der Waals surface area (Å²) in [5, 5.41) is 0. The Balaban J connectivity index is 1.53. The molecule has 0 N–H and O–H groups in total. The predicted octanol–water partition coefficient (Wildman–Crippen LogP) is 3.57. The molecule has 6 heteroatoms. The Morgan fingerprint density at radius 3 is 2.39 bits per heavy atom. The highest BCUT2D eigenvalue weighted by Crippen LogP contribution is 2.27. The number of benzene rings is 1. The summed E-state index contributed by atoms with van der Waals surface area (Å²) in [5.74, 6) is 0.773. The molecule has 28 heavy (non-hydrogen) atoms. The molecule has 0 spiro atoms. The maximum Gasteiger partial charge on any atom is 0.340 e. The molecule has 2 heterocycles. The van der Waals surface area contributed by atoms with Gasteiger partial charge in [-0.25, -0.2) is 14.8 Å². The topological polar surface area (TPSA) is 64.6 Å². The number of ether oxygens (including phenoxy) is 2. The average molecular weight is 383 g/mol. The summed E-state index contributed by atoms with van der Waals surface area (Å²) >= 11 is 0. The Hall–Kier alpha value is -2.47. The second-order valence-electron chi connectivity index (χ2n) is 7.24. The first kappa shape index (κ1) is 20.3. The van der Waals surface area contributed by atoms with Gasteiger partial charge in [-0.1, -0.05) is 37.3 Å². The summed E-state index contributed by atoms with van der Waals surface area (Å²) in [6.45, 7) is 5.80. The van der Waals surface area contributed by atoms with Gasteiger partial charge >= 0.3 is 5.97 Å². The van der Waals surface area contributed by atoms with Gasteiger partial charge in [-0.2, -0.15) is 0 Å². The summed E-state index contributed by atoms with van der Waals surface area (Å²) in [5.41, 5.74) is 1.95. The van der Waals surface area contributed by atoms with Crippen LogP contribution in [0.25, 0.3) is 0 Å².